The lowest BCUT2D eigenvalue weighted by molar-refractivity contribution is 0.0942. The number of pyridine rings is 1. The van der Waals surface area contributed by atoms with Gasteiger partial charge in [0.1, 0.15) is 19.0 Å². The lowest BCUT2D eigenvalue weighted by Crippen LogP contribution is -2.28. The maximum absolute atomic E-state index is 13.2. The Bertz CT molecular complexity index is 1310. The molecule has 0 radical (unpaired) electrons. The average Bonchev–Trinajstić information content (AvgIpc) is 3.26. The van der Waals surface area contributed by atoms with Crippen molar-refractivity contribution in [3.8, 4) is 11.5 Å². The Morgan fingerprint density at radius 2 is 1.69 bits per heavy atom. The number of fused-ring (bicyclic) bond motifs is 2. The Morgan fingerprint density at radius 3 is 2.56 bits per heavy atom. The molecule has 1 aliphatic heterocycles. The van der Waals surface area contributed by atoms with Gasteiger partial charge in [0, 0.05) is 30.3 Å². The zero-order chi connectivity index (χ0) is 21.9. The van der Waals surface area contributed by atoms with Gasteiger partial charge in [-0.25, -0.2) is 0 Å². The number of benzene rings is 2. The maximum Gasteiger partial charge on any atom is 0.252 e. The lowest BCUT2D eigenvalue weighted by atomic mass is 9.97. The highest BCUT2D eigenvalue weighted by atomic mass is 16.6. The molecule has 1 aliphatic rings. The minimum Gasteiger partial charge on any atom is -0.486 e. The zero-order valence-corrected chi connectivity index (χ0v) is 17.2. The summed E-state index contributed by atoms with van der Waals surface area (Å²) in [5.41, 5.74) is 1.83. The summed E-state index contributed by atoms with van der Waals surface area (Å²) in [4.78, 5) is 26.0. The molecule has 160 valence electrons. The molecule has 0 spiro atoms. The molecule has 3 heterocycles. The molecule has 0 unspecified atom stereocenters. The summed E-state index contributed by atoms with van der Waals surface area (Å²) in [5, 5.41) is 11.2. The van der Waals surface area contributed by atoms with Crippen LogP contribution in [-0.2, 0) is 6.42 Å². The standard InChI is InChI=1S/C24H20N4O4/c29-23(16-8-9-19-20(15-16)32-14-13-31-19)17-5-1-2-6-18(17)24(30)25-11-10-22-27-26-21-7-3-4-12-28(21)22/h1-9,12,15H,10-11,13-14H2,(H,25,30). The maximum atomic E-state index is 13.2. The first-order valence-corrected chi connectivity index (χ1v) is 10.3. The van der Waals surface area contributed by atoms with Gasteiger partial charge in [-0.05, 0) is 36.4 Å². The van der Waals surface area contributed by atoms with E-state index < -0.39 is 0 Å². The van der Waals surface area contributed by atoms with E-state index in [1.54, 1.807) is 42.5 Å². The van der Waals surface area contributed by atoms with E-state index in [0.717, 1.165) is 11.5 Å². The van der Waals surface area contributed by atoms with E-state index in [1.807, 2.05) is 28.8 Å². The molecule has 8 nitrogen and oxygen atoms in total. The van der Waals surface area contributed by atoms with Crippen molar-refractivity contribution < 1.29 is 19.1 Å². The van der Waals surface area contributed by atoms with Gasteiger partial charge < -0.3 is 14.8 Å². The van der Waals surface area contributed by atoms with E-state index in [1.165, 1.54) is 0 Å². The van der Waals surface area contributed by atoms with Crippen LogP contribution in [0.5, 0.6) is 11.5 Å². The predicted molar refractivity (Wildman–Crippen MR) is 116 cm³/mol. The Morgan fingerprint density at radius 1 is 0.906 bits per heavy atom. The van der Waals surface area contributed by atoms with Crippen molar-refractivity contribution in [3.05, 3.63) is 89.4 Å². The van der Waals surface area contributed by atoms with Crippen LogP contribution >= 0.6 is 0 Å². The first-order chi connectivity index (χ1) is 15.7. The molecule has 0 fully saturated rings. The van der Waals surface area contributed by atoms with E-state index in [2.05, 4.69) is 15.5 Å². The van der Waals surface area contributed by atoms with Crippen LogP contribution in [-0.4, -0.2) is 46.0 Å². The minimum atomic E-state index is -0.319. The second-order valence-electron chi connectivity index (χ2n) is 7.28. The van der Waals surface area contributed by atoms with E-state index in [4.69, 9.17) is 9.47 Å². The quantitative estimate of drug-likeness (QED) is 0.475. The number of rotatable bonds is 6. The Labute approximate surface area is 183 Å². The molecule has 8 heteroatoms. The molecule has 0 atom stereocenters. The topological polar surface area (TPSA) is 94.8 Å². The van der Waals surface area contributed by atoms with Crippen molar-refractivity contribution in [2.75, 3.05) is 19.8 Å². The van der Waals surface area contributed by atoms with Crippen molar-refractivity contribution in [1.29, 1.82) is 0 Å². The molecule has 5 rings (SSSR count). The second kappa shape index (κ2) is 8.50. The second-order valence-corrected chi connectivity index (χ2v) is 7.28. The van der Waals surface area contributed by atoms with Gasteiger partial charge in [0.15, 0.2) is 22.9 Å². The van der Waals surface area contributed by atoms with Crippen LogP contribution in [0.2, 0.25) is 0 Å². The summed E-state index contributed by atoms with van der Waals surface area (Å²) >= 11 is 0. The van der Waals surface area contributed by atoms with Crippen LogP contribution in [0, 0.1) is 0 Å². The highest BCUT2D eigenvalue weighted by molar-refractivity contribution is 6.15. The molecule has 0 saturated carbocycles. The molecule has 1 N–H and O–H groups in total. The van der Waals surface area contributed by atoms with Crippen molar-refractivity contribution in [2.24, 2.45) is 0 Å². The Kier molecular flexibility index (Phi) is 5.25. The van der Waals surface area contributed by atoms with E-state index >= 15 is 0 Å². The predicted octanol–water partition coefficient (Wildman–Crippen LogP) is 2.70. The Balaban J connectivity index is 1.31. The number of aromatic nitrogens is 3. The number of nitrogens with one attached hydrogen (secondary N) is 1. The fraction of sp³-hybridized carbons (Fsp3) is 0.167. The third-order valence-corrected chi connectivity index (χ3v) is 5.24. The van der Waals surface area contributed by atoms with Crippen molar-refractivity contribution in [3.63, 3.8) is 0 Å². The summed E-state index contributed by atoms with van der Waals surface area (Å²) in [5.74, 6) is 1.32. The smallest absolute Gasteiger partial charge is 0.252 e. The molecule has 2 aromatic heterocycles. The highest BCUT2D eigenvalue weighted by Crippen LogP contribution is 2.31. The molecule has 4 aromatic rings. The first-order valence-electron chi connectivity index (χ1n) is 10.3. The summed E-state index contributed by atoms with van der Waals surface area (Å²) in [6.07, 6.45) is 2.39. The van der Waals surface area contributed by atoms with Crippen LogP contribution in [0.3, 0.4) is 0 Å². The lowest BCUT2D eigenvalue weighted by Gasteiger charge is -2.18. The molecule has 32 heavy (non-hydrogen) atoms. The molecule has 0 saturated heterocycles. The average molecular weight is 428 g/mol. The zero-order valence-electron chi connectivity index (χ0n) is 17.2. The van der Waals surface area contributed by atoms with Gasteiger partial charge in [0.05, 0.1) is 5.56 Å². The molecular formula is C24H20N4O4. The van der Waals surface area contributed by atoms with Gasteiger partial charge in [0.25, 0.3) is 5.91 Å². The Hall–Kier alpha value is -4.20. The number of carbonyl (C=O) groups is 2. The normalized spacial score (nSPS) is 12.5. The largest absolute Gasteiger partial charge is 0.486 e. The van der Waals surface area contributed by atoms with Crippen LogP contribution in [0.15, 0.2) is 66.9 Å². The van der Waals surface area contributed by atoms with Crippen LogP contribution < -0.4 is 14.8 Å². The molecule has 1 amide bonds. The number of hydrogen-bond donors (Lipinski definition) is 1. The van der Waals surface area contributed by atoms with Gasteiger partial charge in [-0.1, -0.05) is 24.3 Å². The van der Waals surface area contributed by atoms with Crippen LogP contribution in [0.25, 0.3) is 5.65 Å². The molecule has 0 aliphatic carbocycles. The number of hydrogen-bond acceptors (Lipinski definition) is 6. The highest BCUT2D eigenvalue weighted by Gasteiger charge is 2.20. The fourth-order valence-electron chi connectivity index (χ4n) is 3.66. The first kappa shape index (κ1) is 19.7. The summed E-state index contributed by atoms with van der Waals surface area (Å²) < 4.78 is 13.0. The van der Waals surface area contributed by atoms with E-state index in [9.17, 15) is 9.59 Å². The molecule has 2 aromatic carbocycles. The van der Waals surface area contributed by atoms with E-state index in [0.29, 0.717) is 54.4 Å². The summed E-state index contributed by atoms with van der Waals surface area (Å²) in [6.45, 7) is 1.28. The van der Waals surface area contributed by atoms with Gasteiger partial charge in [0.2, 0.25) is 0 Å². The number of ether oxygens (including phenoxy) is 2. The SMILES string of the molecule is O=C(NCCc1nnc2ccccn12)c1ccccc1C(=O)c1ccc2c(c1)OCCO2. The van der Waals surface area contributed by atoms with Crippen molar-refractivity contribution >= 4 is 17.3 Å². The minimum absolute atomic E-state index is 0.254. The number of ketones is 1. The van der Waals surface area contributed by atoms with Gasteiger partial charge in [-0.2, -0.15) is 0 Å². The summed E-state index contributed by atoms with van der Waals surface area (Å²) in [6, 6.07) is 17.5. The van der Waals surface area contributed by atoms with Crippen LogP contribution in [0.4, 0.5) is 0 Å². The third kappa shape index (κ3) is 3.78. The molecular weight excluding hydrogens is 408 g/mol. The van der Waals surface area contributed by atoms with E-state index in [-0.39, 0.29) is 11.7 Å². The number of amides is 1. The molecule has 0 bridgehead atoms. The van der Waals surface area contributed by atoms with Gasteiger partial charge in [-0.3, -0.25) is 14.0 Å². The van der Waals surface area contributed by atoms with Crippen molar-refractivity contribution in [2.45, 2.75) is 6.42 Å². The van der Waals surface area contributed by atoms with Crippen LogP contribution in [0.1, 0.15) is 32.1 Å². The van der Waals surface area contributed by atoms with Crippen molar-refractivity contribution in [1.82, 2.24) is 19.9 Å². The summed E-state index contributed by atoms with van der Waals surface area (Å²) in [7, 11) is 0. The number of nitrogens with zero attached hydrogens (tertiary/aromatic N) is 3. The third-order valence-electron chi connectivity index (χ3n) is 5.24. The van der Waals surface area contributed by atoms with Gasteiger partial charge in [-0.15, -0.1) is 10.2 Å². The monoisotopic (exact) mass is 428 g/mol. The van der Waals surface area contributed by atoms with Gasteiger partial charge >= 0.3 is 0 Å². The fourth-order valence-corrected chi connectivity index (χ4v) is 3.66. The number of carbonyl (C=O) groups excluding carboxylic acids is 2.